The summed E-state index contributed by atoms with van der Waals surface area (Å²) >= 11 is 1.46. The number of aromatic nitrogens is 5. The summed E-state index contributed by atoms with van der Waals surface area (Å²) < 4.78 is 3.63. The van der Waals surface area contributed by atoms with Gasteiger partial charge in [-0.05, 0) is 27.2 Å². The third-order valence-electron chi connectivity index (χ3n) is 3.85. The number of nitrogens with zero attached hydrogens (tertiary/aromatic N) is 5. The number of anilines is 1. The molecule has 8 nitrogen and oxygen atoms in total. The lowest BCUT2D eigenvalue weighted by molar-refractivity contribution is 0.249. The number of nitrogens with one attached hydrogen (secondary N) is 2. The first-order valence-electron chi connectivity index (χ1n) is 7.90. The Morgan fingerprint density at radius 1 is 1.42 bits per heavy atom. The summed E-state index contributed by atoms with van der Waals surface area (Å²) in [6.45, 7) is 8.69. The summed E-state index contributed by atoms with van der Waals surface area (Å²) in [5.41, 5.74) is 5.05. The van der Waals surface area contributed by atoms with Crippen LogP contribution < -0.4 is 10.6 Å². The Morgan fingerprint density at radius 2 is 2.21 bits per heavy atom. The van der Waals surface area contributed by atoms with E-state index >= 15 is 0 Å². The Kier molecular flexibility index (Phi) is 4.52. The Bertz CT molecular complexity index is 834. The van der Waals surface area contributed by atoms with Crippen molar-refractivity contribution in [3.8, 4) is 0 Å². The number of hydrogen-bond donors (Lipinski definition) is 2. The molecular formula is C15H21N7OS. The van der Waals surface area contributed by atoms with Crippen molar-refractivity contribution in [2.45, 2.75) is 46.7 Å². The fraction of sp³-hybridized carbons (Fsp3) is 0.467. The zero-order valence-electron chi connectivity index (χ0n) is 14.2. The van der Waals surface area contributed by atoms with Crippen molar-refractivity contribution >= 4 is 28.0 Å². The summed E-state index contributed by atoms with van der Waals surface area (Å²) in [5, 5.41) is 14.4. The second-order valence-electron chi connectivity index (χ2n) is 5.72. The summed E-state index contributed by atoms with van der Waals surface area (Å²) in [6.07, 6.45) is 2.82. The van der Waals surface area contributed by atoms with Gasteiger partial charge in [0.15, 0.2) is 0 Å². The average molecular weight is 347 g/mol. The Balaban J connectivity index is 1.68. The predicted molar refractivity (Wildman–Crippen MR) is 93.4 cm³/mol. The van der Waals surface area contributed by atoms with Gasteiger partial charge in [-0.3, -0.25) is 4.68 Å². The van der Waals surface area contributed by atoms with E-state index in [1.54, 1.807) is 10.0 Å². The third kappa shape index (κ3) is 3.12. The normalized spacial score (nSPS) is 12.5. The maximum atomic E-state index is 12.3. The second-order valence-corrected chi connectivity index (χ2v) is 6.53. The van der Waals surface area contributed by atoms with Crippen molar-refractivity contribution in [1.82, 2.24) is 29.7 Å². The Labute approximate surface area is 143 Å². The van der Waals surface area contributed by atoms with Gasteiger partial charge in [0.05, 0.1) is 35.0 Å². The number of aryl methyl sites for hydroxylation is 2. The van der Waals surface area contributed by atoms with Crippen molar-refractivity contribution in [2.24, 2.45) is 0 Å². The van der Waals surface area contributed by atoms with Gasteiger partial charge in [0.25, 0.3) is 0 Å². The largest absolute Gasteiger partial charge is 0.330 e. The van der Waals surface area contributed by atoms with Crippen LogP contribution in [0.1, 0.15) is 43.4 Å². The van der Waals surface area contributed by atoms with Crippen molar-refractivity contribution in [2.75, 3.05) is 5.32 Å². The standard InChI is InChI=1S/C15H21N7OS/c1-5-6-21-11(4)13(10(3)20-21)19-14(23)17-9(2)12-7-22-15(18-12)24-8-16-22/h7-9H,5-6H2,1-4H3,(H2,17,19,23)/t9-/m1/s1. The van der Waals surface area contributed by atoms with Gasteiger partial charge in [-0.1, -0.05) is 18.3 Å². The molecule has 1 atom stereocenters. The fourth-order valence-corrected chi connectivity index (χ4v) is 3.20. The van der Waals surface area contributed by atoms with Gasteiger partial charge < -0.3 is 10.6 Å². The Morgan fingerprint density at radius 3 is 2.92 bits per heavy atom. The summed E-state index contributed by atoms with van der Waals surface area (Å²) in [6, 6.07) is -0.487. The molecule has 0 aliphatic heterocycles. The molecule has 0 saturated carbocycles. The van der Waals surface area contributed by atoms with E-state index in [0.717, 1.165) is 40.7 Å². The van der Waals surface area contributed by atoms with Crippen LogP contribution in [0.4, 0.5) is 10.5 Å². The van der Waals surface area contributed by atoms with Crippen molar-refractivity contribution < 1.29 is 4.79 Å². The highest BCUT2D eigenvalue weighted by Crippen LogP contribution is 2.20. The molecule has 0 fully saturated rings. The predicted octanol–water partition coefficient (Wildman–Crippen LogP) is 2.90. The molecule has 3 rings (SSSR count). The van der Waals surface area contributed by atoms with E-state index in [2.05, 4.69) is 32.7 Å². The number of amides is 2. The van der Waals surface area contributed by atoms with Crippen LogP contribution in [0.25, 0.3) is 4.96 Å². The van der Waals surface area contributed by atoms with E-state index in [9.17, 15) is 4.79 Å². The molecule has 0 spiro atoms. The summed E-state index contributed by atoms with van der Waals surface area (Å²) in [5.74, 6) is 0. The number of carbonyl (C=O) groups is 1. The highest BCUT2D eigenvalue weighted by molar-refractivity contribution is 7.14. The molecule has 3 heterocycles. The third-order valence-corrected chi connectivity index (χ3v) is 4.54. The first kappa shape index (κ1) is 16.4. The number of fused-ring (bicyclic) bond motifs is 1. The molecule has 9 heteroatoms. The van der Waals surface area contributed by atoms with E-state index in [1.165, 1.54) is 11.3 Å². The zero-order valence-corrected chi connectivity index (χ0v) is 15.0. The summed E-state index contributed by atoms with van der Waals surface area (Å²) in [7, 11) is 0. The lowest BCUT2D eigenvalue weighted by Gasteiger charge is -2.13. The maximum absolute atomic E-state index is 12.3. The Hall–Kier alpha value is -2.42. The van der Waals surface area contributed by atoms with Crippen LogP contribution in [0.15, 0.2) is 11.7 Å². The fourth-order valence-electron chi connectivity index (χ4n) is 2.59. The van der Waals surface area contributed by atoms with E-state index in [0.29, 0.717) is 0 Å². The van der Waals surface area contributed by atoms with Gasteiger partial charge in [-0.15, -0.1) is 0 Å². The minimum atomic E-state index is -0.269. The smallest absolute Gasteiger partial charge is 0.319 e. The molecule has 24 heavy (non-hydrogen) atoms. The molecule has 0 radical (unpaired) electrons. The minimum Gasteiger partial charge on any atom is -0.330 e. The number of urea groups is 1. The van der Waals surface area contributed by atoms with Crippen LogP contribution in [0.3, 0.4) is 0 Å². The van der Waals surface area contributed by atoms with Gasteiger partial charge in [0.1, 0.15) is 5.51 Å². The topological polar surface area (TPSA) is 89.1 Å². The zero-order chi connectivity index (χ0) is 17.3. The average Bonchev–Trinajstić information content (AvgIpc) is 3.18. The molecule has 2 amide bonds. The van der Waals surface area contributed by atoms with E-state index in [1.807, 2.05) is 31.6 Å². The van der Waals surface area contributed by atoms with E-state index < -0.39 is 0 Å². The molecule has 0 saturated heterocycles. The molecule has 0 aromatic carbocycles. The molecule has 3 aromatic rings. The van der Waals surface area contributed by atoms with Crippen molar-refractivity contribution in [3.63, 3.8) is 0 Å². The van der Waals surface area contributed by atoms with Gasteiger partial charge >= 0.3 is 6.03 Å². The SMILES string of the molecule is CCCn1nc(C)c(NC(=O)N[C@H](C)c2cn3ncsc3n2)c1C. The van der Waals surface area contributed by atoms with Crippen LogP contribution in [0.5, 0.6) is 0 Å². The number of hydrogen-bond acceptors (Lipinski definition) is 5. The molecule has 0 aliphatic rings. The lowest BCUT2D eigenvalue weighted by atomic mass is 10.2. The molecule has 2 N–H and O–H groups in total. The van der Waals surface area contributed by atoms with Gasteiger partial charge in [-0.2, -0.15) is 10.2 Å². The van der Waals surface area contributed by atoms with Crippen LogP contribution >= 0.6 is 11.3 Å². The highest BCUT2D eigenvalue weighted by atomic mass is 32.1. The van der Waals surface area contributed by atoms with Crippen LogP contribution in [0, 0.1) is 13.8 Å². The molecular weight excluding hydrogens is 326 g/mol. The molecule has 0 aliphatic carbocycles. The van der Waals surface area contributed by atoms with Crippen LogP contribution in [0.2, 0.25) is 0 Å². The first-order valence-corrected chi connectivity index (χ1v) is 8.77. The van der Waals surface area contributed by atoms with Crippen LogP contribution in [-0.2, 0) is 6.54 Å². The van der Waals surface area contributed by atoms with E-state index in [-0.39, 0.29) is 12.1 Å². The first-order chi connectivity index (χ1) is 11.5. The lowest BCUT2D eigenvalue weighted by Crippen LogP contribution is -2.31. The second kappa shape index (κ2) is 6.60. The van der Waals surface area contributed by atoms with Gasteiger partial charge in [0, 0.05) is 6.54 Å². The molecule has 128 valence electrons. The van der Waals surface area contributed by atoms with E-state index in [4.69, 9.17) is 0 Å². The quantitative estimate of drug-likeness (QED) is 0.743. The highest BCUT2D eigenvalue weighted by Gasteiger charge is 2.17. The van der Waals surface area contributed by atoms with Gasteiger partial charge in [-0.25, -0.2) is 14.3 Å². The van der Waals surface area contributed by atoms with Crippen molar-refractivity contribution in [1.29, 1.82) is 0 Å². The number of carbonyl (C=O) groups excluding carboxylic acids is 1. The summed E-state index contributed by atoms with van der Waals surface area (Å²) in [4.78, 5) is 17.6. The maximum Gasteiger partial charge on any atom is 0.319 e. The number of imidazole rings is 1. The van der Waals surface area contributed by atoms with Crippen LogP contribution in [-0.4, -0.2) is 30.4 Å². The minimum absolute atomic E-state index is 0.217. The van der Waals surface area contributed by atoms with Crippen molar-refractivity contribution in [3.05, 3.63) is 28.8 Å². The molecule has 0 unspecified atom stereocenters. The number of rotatable bonds is 5. The van der Waals surface area contributed by atoms with Gasteiger partial charge in [0.2, 0.25) is 4.96 Å². The molecule has 0 bridgehead atoms. The monoisotopic (exact) mass is 347 g/mol. The molecule has 3 aromatic heterocycles.